The lowest BCUT2D eigenvalue weighted by atomic mass is 9.88. The maximum Gasteiger partial charge on any atom is 0.100 e. The molecule has 1 N–H and O–H groups in total. The number of hydrogen-bond acceptors (Lipinski definition) is 2. The van der Waals surface area contributed by atoms with Gasteiger partial charge in [-0.25, -0.2) is 0 Å². The highest BCUT2D eigenvalue weighted by Crippen LogP contribution is 2.26. The predicted molar refractivity (Wildman–Crippen MR) is 56.1 cm³/mol. The monoisotopic (exact) mass is 180 g/mol. The summed E-state index contributed by atoms with van der Waals surface area (Å²) in [4.78, 5) is 4.70. The molecule has 1 heterocycles. The van der Waals surface area contributed by atoms with Crippen molar-refractivity contribution in [2.24, 2.45) is 10.9 Å². The van der Waals surface area contributed by atoms with Crippen LogP contribution in [0.4, 0.5) is 0 Å². The standard InChI is InChI=1S/C11H20N2/c1-8-9(2)13-11(12-8)10-6-4-3-5-7-10/h8-10H,3-7H2,1-2H3,(H,12,13). The van der Waals surface area contributed by atoms with Gasteiger partial charge in [-0.2, -0.15) is 0 Å². The van der Waals surface area contributed by atoms with E-state index in [1.807, 2.05) is 0 Å². The number of rotatable bonds is 1. The molecule has 2 nitrogen and oxygen atoms in total. The minimum atomic E-state index is 0.483. The first-order valence-corrected chi connectivity index (χ1v) is 5.61. The fourth-order valence-electron chi connectivity index (χ4n) is 2.32. The van der Waals surface area contributed by atoms with Gasteiger partial charge in [0.15, 0.2) is 0 Å². The molecule has 2 aliphatic rings. The molecule has 13 heavy (non-hydrogen) atoms. The van der Waals surface area contributed by atoms with Gasteiger partial charge < -0.3 is 5.32 Å². The van der Waals surface area contributed by atoms with Crippen LogP contribution in [0.1, 0.15) is 46.0 Å². The molecule has 2 heteroatoms. The van der Waals surface area contributed by atoms with Gasteiger partial charge >= 0.3 is 0 Å². The van der Waals surface area contributed by atoms with Crippen LogP contribution < -0.4 is 5.32 Å². The number of amidine groups is 1. The van der Waals surface area contributed by atoms with Crippen LogP contribution in [-0.4, -0.2) is 17.9 Å². The normalized spacial score (nSPS) is 35.7. The molecule has 1 aliphatic carbocycles. The third-order valence-corrected chi connectivity index (χ3v) is 3.43. The molecule has 0 radical (unpaired) electrons. The zero-order chi connectivity index (χ0) is 9.26. The number of aliphatic imine (C=N–C) groups is 1. The summed E-state index contributed by atoms with van der Waals surface area (Å²) >= 11 is 0. The van der Waals surface area contributed by atoms with Crippen molar-refractivity contribution in [2.75, 3.05) is 0 Å². The zero-order valence-electron chi connectivity index (χ0n) is 8.71. The van der Waals surface area contributed by atoms with Gasteiger partial charge in [0.05, 0.1) is 6.04 Å². The van der Waals surface area contributed by atoms with Crippen LogP contribution in [0, 0.1) is 5.92 Å². The first-order chi connectivity index (χ1) is 6.27. The Hall–Kier alpha value is -0.530. The molecule has 0 saturated heterocycles. The summed E-state index contributed by atoms with van der Waals surface area (Å²) in [6.45, 7) is 4.43. The number of nitrogens with zero attached hydrogens (tertiary/aromatic N) is 1. The summed E-state index contributed by atoms with van der Waals surface area (Å²) in [5, 5.41) is 3.52. The summed E-state index contributed by atoms with van der Waals surface area (Å²) < 4.78 is 0. The fourth-order valence-corrected chi connectivity index (χ4v) is 2.32. The second-order valence-corrected chi connectivity index (χ2v) is 4.52. The molecule has 2 unspecified atom stereocenters. The highest BCUT2D eigenvalue weighted by atomic mass is 15.1. The van der Waals surface area contributed by atoms with Crippen molar-refractivity contribution in [3.63, 3.8) is 0 Å². The van der Waals surface area contributed by atoms with Gasteiger partial charge in [0.1, 0.15) is 5.84 Å². The van der Waals surface area contributed by atoms with Crippen LogP contribution in [0.2, 0.25) is 0 Å². The molecular weight excluding hydrogens is 160 g/mol. The Labute approximate surface area is 80.8 Å². The van der Waals surface area contributed by atoms with E-state index in [2.05, 4.69) is 19.2 Å². The van der Waals surface area contributed by atoms with E-state index in [0.717, 1.165) is 5.92 Å². The summed E-state index contributed by atoms with van der Waals surface area (Å²) in [6.07, 6.45) is 6.92. The fraction of sp³-hybridized carbons (Fsp3) is 0.909. The molecule has 0 aromatic rings. The summed E-state index contributed by atoms with van der Waals surface area (Å²) in [6, 6.07) is 1.04. The molecule has 2 rings (SSSR count). The average molecular weight is 180 g/mol. The maximum atomic E-state index is 4.70. The SMILES string of the molecule is CC1N=C(C2CCCCC2)NC1C. The Bertz CT molecular complexity index is 204. The highest BCUT2D eigenvalue weighted by Gasteiger charge is 2.27. The van der Waals surface area contributed by atoms with Crippen molar-refractivity contribution in [1.82, 2.24) is 5.32 Å². The third kappa shape index (κ3) is 1.87. The van der Waals surface area contributed by atoms with Gasteiger partial charge in [0, 0.05) is 12.0 Å². The van der Waals surface area contributed by atoms with Gasteiger partial charge in [-0.05, 0) is 26.7 Å². The number of hydrogen-bond donors (Lipinski definition) is 1. The predicted octanol–water partition coefficient (Wildman–Crippen LogP) is 2.35. The smallest absolute Gasteiger partial charge is 0.100 e. The minimum Gasteiger partial charge on any atom is -0.369 e. The largest absolute Gasteiger partial charge is 0.369 e. The molecule has 0 amide bonds. The van der Waals surface area contributed by atoms with E-state index in [4.69, 9.17) is 4.99 Å². The molecule has 1 aliphatic heterocycles. The summed E-state index contributed by atoms with van der Waals surface area (Å²) in [5.41, 5.74) is 0. The van der Waals surface area contributed by atoms with Crippen LogP contribution in [0.25, 0.3) is 0 Å². The van der Waals surface area contributed by atoms with Crippen LogP contribution in [0.15, 0.2) is 4.99 Å². The second kappa shape index (κ2) is 3.69. The van der Waals surface area contributed by atoms with E-state index in [0.29, 0.717) is 12.1 Å². The first-order valence-electron chi connectivity index (χ1n) is 5.61. The Kier molecular flexibility index (Phi) is 2.56. The molecule has 0 aromatic heterocycles. The van der Waals surface area contributed by atoms with Crippen LogP contribution in [0.5, 0.6) is 0 Å². The molecule has 1 fully saturated rings. The maximum absolute atomic E-state index is 4.70. The van der Waals surface area contributed by atoms with E-state index in [1.54, 1.807) is 0 Å². The van der Waals surface area contributed by atoms with Crippen molar-refractivity contribution in [1.29, 1.82) is 0 Å². The lowest BCUT2D eigenvalue weighted by Crippen LogP contribution is -2.34. The van der Waals surface area contributed by atoms with E-state index >= 15 is 0 Å². The Morgan fingerprint density at radius 2 is 1.85 bits per heavy atom. The highest BCUT2D eigenvalue weighted by molar-refractivity contribution is 5.86. The van der Waals surface area contributed by atoms with Gasteiger partial charge in [-0.3, -0.25) is 4.99 Å². The van der Waals surface area contributed by atoms with Gasteiger partial charge in [0.2, 0.25) is 0 Å². The van der Waals surface area contributed by atoms with Gasteiger partial charge in [0.25, 0.3) is 0 Å². The van der Waals surface area contributed by atoms with Crippen molar-refractivity contribution < 1.29 is 0 Å². The van der Waals surface area contributed by atoms with Crippen LogP contribution in [0.3, 0.4) is 0 Å². The quantitative estimate of drug-likeness (QED) is 0.658. The lowest BCUT2D eigenvalue weighted by molar-refractivity contribution is 0.432. The molecule has 74 valence electrons. The number of nitrogens with one attached hydrogen (secondary N) is 1. The molecular formula is C11H20N2. The van der Waals surface area contributed by atoms with E-state index in [9.17, 15) is 0 Å². The van der Waals surface area contributed by atoms with Crippen molar-refractivity contribution in [3.8, 4) is 0 Å². The molecule has 1 saturated carbocycles. The van der Waals surface area contributed by atoms with E-state index in [-0.39, 0.29) is 0 Å². The molecule has 2 atom stereocenters. The Balaban J connectivity index is 1.97. The van der Waals surface area contributed by atoms with Gasteiger partial charge in [-0.15, -0.1) is 0 Å². The molecule has 0 spiro atoms. The van der Waals surface area contributed by atoms with Gasteiger partial charge in [-0.1, -0.05) is 19.3 Å². The van der Waals surface area contributed by atoms with Crippen molar-refractivity contribution in [3.05, 3.63) is 0 Å². The van der Waals surface area contributed by atoms with E-state index < -0.39 is 0 Å². The minimum absolute atomic E-state index is 0.483. The Morgan fingerprint density at radius 3 is 2.38 bits per heavy atom. The third-order valence-electron chi connectivity index (χ3n) is 3.43. The average Bonchev–Trinajstić information content (AvgIpc) is 2.49. The van der Waals surface area contributed by atoms with Crippen LogP contribution >= 0.6 is 0 Å². The van der Waals surface area contributed by atoms with Crippen LogP contribution in [-0.2, 0) is 0 Å². The summed E-state index contributed by atoms with van der Waals surface area (Å²) in [5.74, 6) is 2.06. The lowest BCUT2D eigenvalue weighted by Gasteiger charge is -2.22. The zero-order valence-corrected chi connectivity index (χ0v) is 8.71. The Morgan fingerprint density at radius 1 is 1.15 bits per heavy atom. The summed E-state index contributed by atoms with van der Waals surface area (Å²) in [7, 11) is 0. The first kappa shape index (κ1) is 9.04. The van der Waals surface area contributed by atoms with E-state index in [1.165, 1.54) is 37.9 Å². The van der Waals surface area contributed by atoms with Crippen molar-refractivity contribution >= 4 is 5.84 Å². The van der Waals surface area contributed by atoms with Crippen molar-refractivity contribution in [2.45, 2.75) is 58.0 Å². The molecule has 0 bridgehead atoms. The topological polar surface area (TPSA) is 24.4 Å². The molecule has 0 aromatic carbocycles. The second-order valence-electron chi connectivity index (χ2n) is 4.52.